The van der Waals surface area contributed by atoms with E-state index in [1.807, 2.05) is 158 Å². The van der Waals surface area contributed by atoms with Crippen LogP contribution in [0.25, 0.3) is 90.6 Å². The normalized spacial score (nSPS) is 11.0. The molecule has 0 bridgehead atoms. The summed E-state index contributed by atoms with van der Waals surface area (Å²) in [5.41, 5.74) is 9.15. The van der Waals surface area contributed by atoms with Crippen molar-refractivity contribution in [2.75, 3.05) is 0 Å². The van der Waals surface area contributed by atoms with Crippen molar-refractivity contribution in [3.8, 4) is 90.6 Å². The molecule has 9 aromatic rings. The van der Waals surface area contributed by atoms with Gasteiger partial charge in [0.2, 0.25) is 0 Å². The molecule has 0 fully saturated rings. The van der Waals surface area contributed by atoms with Crippen molar-refractivity contribution in [2.45, 2.75) is 0 Å². The van der Waals surface area contributed by atoms with Crippen LogP contribution in [0, 0.1) is 0 Å². The minimum atomic E-state index is 0.574. The van der Waals surface area contributed by atoms with Crippen molar-refractivity contribution in [1.82, 2.24) is 29.9 Å². The summed E-state index contributed by atoms with van der Waals surface area (Å²) >= 11 is 6.99. The number of hydrogen-bond donors (Lipinski definition) is 0. The largest absolute Gasteiger partial charge is 0.208 e. The summed E-state index contributed by atoms with van der Waals surface area (Å²) in [4.78, 5) is 29.7. The van der Waals surface area contributed by atoms with E-state index in [4.69, 9.17) is 41.5 Å². The van der Waals surface area contributed by atoms with Gasteiger partial charge in [-0.15, -0.1) is 0 Å². The van der Waals surface area contributed by atoms with E-state index in [9.17, 15) is 0 Å². The van der Waals surface area contributed by atoms with E-state index < -0.39 is 0 Å². The maximum Gasteiger partial charge on any atom is 0.164 e. The Labute approximate surface area is 324 Å². The Morgan fingerprint density at radius 1 is 0.236 bits per heavy atom. The molecular weight excluding hydrogens is 696 g/mol. The monoisotopic (exact) mass is 726 g/mol. The Bertz CT molecular complexity index is 2640. The van der Waals surface area contributed by atoms with Crippen molar-refractivity contribution >= 4 is 11.6 Å². The highest BCUT2D eigenvalue weighted by Gasteiger charge is 2.18. The van der Waals surface area contributed by atoms with Gasteiger partial charge in [-0.1, -0.05) is 181 Å². The van der Waals surface area contributed by atoms with Crippen LogP contribution in [0.3, 0.4) is 0 Å². The molecule has 0 radical (unpaired) electrons. The van der Waals surface area contributed by atoms with Crippen LogP contribution in [0.15, 0.2) is 188 Å². The fourth-order valence-corrected chi connectivity index (χ4v) is 6.76. The van der Waals surface area contributed by atoms with Gasteiger partial charge in [-0.05, 0) is 34.9 Å². The first-order valence-corrected chi connectivity index (χ1v) is 18.3. The van der Waals surface area contributed by atoms with E-state index in [2.05, 4.69) is 30.3 Å². The Morgan fingerprint density at radius 3 is 1.05 bits per heavy atom. The second kappa shape index (κ2) is 15.1. The van der Waals surface area contributed by atoms with E-state index >= 15 is 0 Å². The summed E-state index contributed by atoms with van der Waals surface area (Å²) in [5, 5.41) is 0.627. The summed E-state index contributed by atoms with van der Waals surface area (Å²) in [7, 11) is 0. The second-order valence-electron chi connectivity index (χ2n) is 12.9. The molecule has 9 rings (SSSR count). The van der Waals surface area contributed by atoms with Gasteiger partial charge >= 0.3 is 0 Å². The molecule has 0 spiro atoms. The highest BCUT2D eigenvalue weighted by Crippen LogP contribution is 2.38. The van der Waals surface area contributed by atoms with Gasteiger partial charge in [0.25, 0.3) is 0 Å². The molecule has 0 saturated heterocycles. The lowest BCUT2D eigenvalue weighted by Gasteiger charge is -2.14. The Morgan fingerprint density at radius 2 is 0.582 bits per heavy atom. The van der Waals surface area contributed by atoms with Crippen molar-refractivity contribution in [2.24, 2.45) is 0 Å². The van der Waals surface area contributed by atoms with E-state index in [-0.39, 0.29) is 0 Å². The Hall–Kier alpha value is -7.15. The van der Waals surface area contributed by atoms with Gasteiger partial charge in [0.1, 0.15) is 0 Å². The van der Waals surface area contributed by atoms with Crippen LogP contribution in [0.4, 0.5) is 0 Å². The molecule has 260 valence electrons. The molecule has 0 N–H and O–H groups in total. The van der Waals surface area contributed by atoms with E-state index in [0.717, 1.165) is 55.6 Å². The second-order valence-corrected chi connectivity index (χ2v) is 13.3. The summed E-state index contributed by atoms with van der Waals surface area (Å²) in [5.74, 6) is 3.59. The molecule has 0 saturated carbocycles. The van der Waals surface area contributed by atoms with E-state index in [0.29, 0.717) is 40.0 Å². The minimum absolute atomic E-state index is 0.574. The molecule has 0 unspecified atom stereocenters. The summed E-state index contributed by atoms with van der Waals surface area (Å²) in [6.45, 7) is 0. The van der Waals surface area contributed by atoms with Crippen molar-refractivity contribution in [3.05, 3.63) is 193 Å². The molecule has 0 aliphatic carbocycles. The number of nitrogens with zero attached hydrogens (tertiary/aromatic N) is 6. The molecule has 0 aliphatic heterocycles. The quantitative estimate of drug-likeness (QED) is 0.155. The maximum atomic E-state index is 6.99. The molecule has 2 aromatic heterocycles. The number of hydrogen-bond acceptors (Lipinski definition) is 6. The zero-order valence-electron chi connectivity index (χ0n) is 29.5. The van der Waals surface area contributed by atoms with Crippen LogP contribution in [0.2, 0.25) is 5.02 Å². The third-order valence-electron chi connectivity index (χ3n) is 9.28. The summed E-state index contributed by atoms with van der Waals surface area (Å²) in [6.07, 6.45) is 0. The van der Waals surface area contributed by atoms with Gasteiger partial charge in [-0.3, -0.25) is 0 Å². The van der Waals surface area contributed by atoms with Crippen LogP contribution in [0.5, 0.6) is 0 Å². The highest BCUT2D eigenvalue weighted by molar-refractivity contribution is 6.33. The van der Waals surface area contributed by atoms with Gasteiger partial charge < -0.3 is 0 Å². The molecule has 7 aromatic carbocycles. The van der Waals surface area contributed by atoms with Crippen molar-refractivity contribution < 1.29 is 0 Å². The molecule has 0 aliphatic rings. The average Bonchev–Trinajstić information content (AvgIpc) is 3.27. The van der Waals surface area contributed by atoms with Crippen LogP contribution >= 0.6 is 11.6 Å². The first-order valence-electron chi connectivity index (χ1n) is 17.9. The molecule has 7 heteroatoms. The van der Waals surface area contributed by atoms with Gasteiger partial charge in [-0.25, -0.2) is 29.9 Å². The molecule has 2 heterocycles. The van der Waals surface area contributed by atoms with E-state index in [1.54, 1.807) is 0 Å². The van der Waals surface area contributed by atoms with Gasteiger partial charge in [0.05, 0.1) is 0 Å². The smallest absolute Gasteiger partial charge is 0.164 e. The van der Waals surface area contributed by atoms with Crippen LogP contribution in [-0.4, -0.2) is 29.9 Å². The van der Waals surface area contributed by atoms with Crippen LogP contribution < -0.4 is 0 Å². The first-order chi connectivity index (χ1) is 27.2. The molecule has 6 nitrogen and oxygen atoms in total. The first kappa shape index (κ1) is 33.7. The third-order valence-corrected chi connectivity index (χ3v) is 9.61. The van der Waals surface area contributed by atoms with E-state index in [1.165, 1.54) is 0 Å². The fraction of sp³-hybridized carbons (Fsp3) is 0. The average molecular weight is 727 g/mol. The van der Waals surface area contributed by atoms with Crippen molar-refractivity contribution in [1.29, 1.82) is 0 Å². The van der Waals surface area contributed by atoms with Crippen LogP contribution in [-0.2, 0) is 0 Å². The molecule has 0 amide bonds. The number of benzene rings is 7. The minimum Gasteiger partial charge on any atom is -0.208 e. The lowest BCUT2D eigenvalue weighted by atomic mass is 9.94. The highest BCUT2D eigenvalue weighted by atomic mass is 35.5. The molecule has 0 atom stereocenters. The van der Waals surface area contributed by atoms with Gasteiger partial charge in [0, 0.05) is 44.0 Å². The SMILES string of the molecule is Clc1ccc(-c2ccccc2-c2nc(-c3ccccc3)nc(-c3ccccc3)n2)cc1-c1cccc(-c2nc(-c3ccccc3)nc(-c3ccccc3)n2)c1. The zero-order chi connectivity index (χ0) is 37.0. The Balaban J connectivity index is 1.14. The predicted octanol–water partition coefficient (Wildman–Crippen LogP) is 12.0. The fourth-order valence-electron chi connectivity index (χ4n) is 6.54. The summed E-state index contributed by atoms with van der Waals surface area (Å²) < 4.78 is 0. The standard InChI is InChI=1S/C48H31ClN6/c49-42-29-28-37(39-26-13-14-27-40(39)48-54-45(34-20-9-3-10-21-34)51-46(55-48)35-22-11-4-12-23-35)31-41(42)36-24-15-25-38(30-36)47-52-43(32-16-5-1-6-17-32)50-44(53-47)33-18-7-2-8-19-33/h1-31H. The molecule has 55 heavy (non-hydrogen) atoms. The number of rotatable bonds is 8. The number of halogens is 1. The molecular formula is C48H31ClN6. The Kier molecular flexibility index (Phi) is 9.22. The number of aromatic nitrogens is 6. The zero-order valence-corrected chi connectivity index (χ0v) is 30.2. The third kappa shape index (κ3) is 7.14. The van der Waals surface area contributed by atoms with Gasteiger partial charge in [0.15, 0.2) is 34.9 Å². The predicted molar refractivity (Wildman–Crippen MR) is 222 cm³/mol. The van der Waals surface area contributed by atoms with Crippen LogP contribution in [0.1, 0.15) is 0 Å². The summed E-state index contributed by atoms with van der Waals surface area (Å²) in [6, 6.07) is 62.4. The topological polar surface area (TPSA) is 77.3 Å². The lowest BCUT2D eigenvalue weighted by Crippen LogP contribution is -2.01. The maximum absolute atomic E-state index is 6.99. The lowest BCUT2D eigenvalue weighted by molar-refractivity contribution is 1.07. The van der Waals surface area contributed by atoms with Crippen molar-refractivity contribution in [3.63, 3.8) is 0 Å². The van der Waals surface area contributed by atoms with Gasteiger partial charge in [-0.2, -0.15) is 0 Å².